The molecule has 2 aliphatic rings. The predicted molar refractivity (Wildman–Crippen MR) is 110 cm³/mol. The molecule has 0 saturated carbocycles. The summed E-state index contributed by atoms with van der Waals surface area (Å²) in [5, 5.41) is 0.650. The molecule has 2 aliphatic heterocycles. The second kappa shape index (κ2) is 7.34. The van der Waals surface area contributed by atoms with Crippen molar-refractivity contribution < 1.29 is 23.5 Å². The number of benzene rings is 1. The Bertz CT molecular complexity index is 1090. The Kier molecular flexibility index (Phi) is 4.95. The summed E-state index contributed by atoms with van der Waals surface area (Å²) < 4.78 is 17.5. The molecule has 0 spiro atoms. The van der Waals surface area contributed by atoms with E-state index in [4.69, 9.17) is 19.6 Å². The molecule has 2 N–H and O–H groups in total. The number of carbonyl (C=O) groups excluding carboxylic acids is 2. The molecule has 1 aromatic carbocycles. The van der Waals surface area contributed by atoms with Gasteiger partial charge in [0, 0.05) is 24.2 Å². The zero-order valence-corrected chi connectivity index (χ0v) is 17.4. The molecule has 1 aromatic heterocycles. The molecule has 4 rings (SSSR count). The second-order valence-corrected chi connectivity index (χ2v) is 8.60. The molecule has 2 aromatic rings. The highest BCUT2D eigenvalue weighted by Crippen LogP contribution is 2.42. The Labute approximate surface area is 173 Å². The van der Waals surface area contributed by atoms with E-state index in [2.05, 4.69) is 0 Å². The Morgan fingerprint density at radius 2 is 2.10 bits per heavy atom. The van der Waals surface area contributed by atoms with E-state index in [-0.39, 0.29) is 18.1 Å². The van der Waals surface area contributed by atoms with Gasteiger partial charge in [-0.1, -0.05) is 0 Å². The third-order valence-corrected chi connectivity index (χ3v) is 5.85. The fraction of sp³-hybridized carbons (Fsp3) is 0.500. The number of primary amides is 1. The van der Waals surface area contributed by atoms with Crippen molar-refractivity contribution in [3.8, 4) is 11.5 Å². The van der Waals surface area contributed by atoms with Gasteiger partial charge in [-0.3, -0.25) is 9.59 Å². The van der Waals surface area contributed by atoms with E-state index < -0.39 is 17.6 Å². The van der Waals surface area contributed by atoms with Crippen LogP contribution in [0.3, 0.4) is 0 Å². The Balaban J connectivity index is 1.69. The van der Waals surface area contributed by atoms with Gasteiger partial charge in [0.15, 0.2) is 6.61 Å². The fourth-order valence-electron chi connectivity index (χ4n) is 4.32. The monoisotopic (exact) mass is 414 g/mol. The van der Waals surface area contributed by atoms with Crippen molar-refractivity contribution in [3.05, 3.63) is 33.7 Å². The lowest BCUT2D eigenvalue weighted by Crippen LogP contribution is -2.45. The Morgan fingerprint density at radius 1 is 1.33 bits per heavy atom. The quantitative estimate of drug-likeness (QED) is 0.767. The molecule has 3 heterocycles. The number of aryl methyl sites for hydroxylation is 2. The first-order chi connectivity index (χ1) is 14.2. The van der Waals surface area contributed by atoms with Crippen LogP contribution >= 0.6 is 0 Å². The molecule has 2 amide bonds. The zero-order valence-electron chi connectivity index (χ0n) is 17.4. The Morgan fingerprint density at radius 3 is 2.83 bits per heavy atom. The lowest BCUT2D eigenvalue weighted by molar-refractivity contribution is -0.138. The molecule has 8 nitrogen and oxygen atoms in total. The van der Waals surface area contributed by atoms with Crippen LogP contribution in [0.5, 0.6) is 11.5 Å². The van der Waals surface area contributed by atoms with E-state index in [1.807, 2.05) is 13.8 Å². The van der Waals surface area contributed by atoms with Crippen LogP contribution < -0.4 is 20.8 Å². The van der Waals surface area contributed by atoms with Crippen LogP contribution in [0, 0.1) is 6.92 Å². The fourth-order valence-corrected chi connectivity index (χ4v) is 4.32. The molecule has 0 unspecified atom stereocenters. The van der Waals surface area contributed by atoms with Crippen molar-refractivity contribution in [1.29, 1.82) is 0 Å². The number of nitrogens with two attached hydrogens (primary N) is 1. The van der Waals surface area contributed by atoms with Crippen molar-refractivity contribution in [2.24, 2.45) is 5.73 Å². The molecule has 1 saturated heterocycles. The predicted octanol–water partition coefficient (Wildman–Crippen LogP) is 2.06. The smallest absolute Gasteiger partial charge is 0.336 e. The molecule has 1 atom stereocenters. The maximum absolute atomic E-state index is 12.7. The molecule has 0 bridgehead atoms. The van der Waals surface area contributed by atoms with Crippen molar-refractivity contribution in [1.82, 2.24) is 4.90 Å². The van der Waals surface area contributed by atoms with E-state index in [9.17, 15) is 14.4 Å². The van der Waals surface area contributed by atoms with Gasteiger partial charge in [0.25, 0.3) is 5.91 Å². The minimum atomic E-state index is -0.592. The summed E-state index contributed by atoms with van der Waals surface area (Å²) >= 11 is 0. The maximum Gasteiger partial charge on any atom is 0.336 e. The summed E-state index contributed by atoms with van der Waals surface area (Å²) in [6.45, 7) is 6.02. The average molecular weight is 414 g/mol. The Hall–Kier alpha value is -3.03. The topological polar surface area (TPSA) is 112 Å². The lowest BCUT2D eigenvalue weighted by Gasteiger charge is -2.33. The highest BCUT2D eigenvalue weighted by atomic mass is 16.5. The first-order valence-electron chi connectivity index (χ1n) is 10.2. The molecule has 8 heteroatoms. The third kappa shape index (κ3) is 3.62. The lowest BCUT2D eigenvalue weighted by atomic mass is 9.92. The van der Waals surface area contributed by atoms with Gasteiger partial charge in [-0.2, -0.15) is 0 Å². The summed E-state index contributed by atoms with van der Waals surface area (Å²) in [5.41, 5.74) is 6.58. The van der Waals surface area contributed by atoms with Gasteiger partial charge in [-0.15, -0.1) is 0 Å². The molecule has 1 fully saturated rings. The SMILES string of the molecule is Cc1cc(=O)oc2c3c(cc(OCC(=O)N4CCC[C@H]4C(N)=O)c12)OC(C)(C)CC3. The molecule has 0 aliphatic carbocycles. The van der Waals surface area contributed by atoms with Crippen LogP contribution in [0.25, 0.3) is 11.0 Å². The van der Waals surface area contributed by atoms with Gasteiger partial charge in [0.05, 0.1) is 5.39 Å². The van der Waals surface area contributed by atoms with Crippen molar-refractivity contribution in [2.45, 2.75) is 58.1 Å². The van der Waals surface area contributed by atoms with Crippen LogP contribution in [0.1, 0.15) is 44.2 Å². The normalized spacial score (nSPS) is 20.0. The number of hydrogen-bond donors (Lipinski definition) is 1. The zero-order chi connectivity index (χ0) is 21.6. The van der Waals surface area contributed by atoms with Gasteiger partial charge in [0.1, 0.15) is 28.7 Å². The number of hydrogen-bond acceptors (Lipinski definition) is 6. The van der Waals surface area contributed by atoms with Gasteiger partial charge < -0.3 is 24.5 Å². The van der Waals surface area contributed by atoms with Crippen LogP contribution in [-0.4, -0.2) is 41.5 Å². The molecular weight excluding hydrogens is 388 g/mol. The minimum Gasteiger partial charge on any atom is -0.487 e. The molecule has 0 radical (unpaired) electrons. The van der Waals surface area contributed by atoms with Gasteiger partial charge in [-0.05, 0) is 52.0 Å². The highest BCUT2D eigenvalue weighted by Gasteiger charge is 2.34. The highest BCUT2D eigenvalue weighted by molar-refractivity contribution is 5.92. The van der Waals surface area contributed by atoms with Gasteiger partial charge >= 0.3 is 5.63 Å². The van der Waals surface area contributed by atoms with Crippen molar-refractivity contribution in [3.63, 3.8) is 0 Å². The third-order valence-electron chi connectivity index (χ3n) is 5.85. The van der Waals surface area contributed by atoms with Gasteiger partial charge in [-0.25, -0.2) is 4.79 Å². The first-order valence-corrected chi connectivity index (χ1v) is 10.2. The first kappa shape index (κ1) is 20.3. The summed E-state index contributed by atoms with van der Waals surface area (Å²) in [4.78, 5) is 37.8. The second-order valence-electron chi connectivity index (χ2n) is 8.60. The summed E-state index contributed by atoms with van der Waals surface area (Å²) in [6.07, 6.45) is 2.79. The number of carbonyl (C=O) groups is 2. The number of likely N-dealkylation sites (tertiary alicyclic amines) is 1. The number of rotatable bonds is 4. The van der Waals surface area contributed by atoms with E-state index >= 15 is 0 Å². The van der Waals surface area contributed by atoms with Gasteiger partial charge in [0.2, 0.25) is 5.91 Å². The van der Waals surface area contributed by atoms with Crippen LogP contribution in [0.2, 0.25) is 0 Å². The van der Waals surface area contributed by atoms with Crippen molar-refractivity contribution in [2.75, 3.05) is 13.2 Å². The number of amides is 2. The van der Waals surface area contributed by atoms with E-state index in [1.54, 1.807) is 13.0 Å². The van der Waals surface area contributed by atoms with E-state index in [0.717, 1.165) is 18.4 Å². The van der Waals surface area contributed by atoms with Crippen LogP contribution in [0.15, 0.2) is 21.3 Å². The average Bonchev–Trinajstić information content (AvgIpc) is 3.14. The molecular formula is C22H26N2O6. The van der Waals surface area contributed by atoms with Crippen LogP contribution in [-0.2, 0) is 16.0 Å². The van der Waals surface area contributed by atoms with Crippen LogP contribution in [0.4, 0.5) is 0 Å². The van der Waals surface area contributed by atoms with Crippen molar-refractivity contribution >= 4 is 22.8 Å². The standard InChI is InChI=1S/C22H26N2O6/c1-12-9-18(26)29-20-13-6-7-22(2,3)30-15(13)10-16(19(12)20)28-11-17(25)24-8-4-5-14(24)21(23)27/h9-10,14H,4-8,11H2,1-3H3,(H2,23,27)/t14-/m0/s1. The summed E-state index contributed by atoms with van der Waals surface area (Å²) in [6, 6.07) is 2.57. The summed E-state index contributed by atoms with van der Waals surface area (Å²) in [5.74, 6) is 0.184. The van der Waals surface area contributed by atoms with E-state index in [0.29, 0.717) is 47.4 Å². The minimum absolute atomic E-state index is 0.250. The van der Waals surface area contributed by atoms with E-state index in [1.165, 1.54) is 11.0 Å². The molecule has 30 heavy (non-hydrogen) atoms. The summed E-state index contributed by atoms with van der Waals surface area (Å²) in [7, 11) is 0. The number of fused-ring (bicyclic) bond motifs is 3. The molecule has 160 valence electrons. The number of nitrogens with zero attached hydrogens (tertiary/aromatic N) is 1. The number of ether oxygens (including phenoxy) is 2. The maximum atomic E-state index is 12.7. The largest absolute Gasteiger partial charge is 0.487 e.